The Morgan fingerprint density at radius 3 is 2.09 bits per heavy atom. The van der Waals surface area contributed by atoms with Gasteiger partial charge in [0.25, 0.3) is 5.91 Å². The van der Waals surface area contributed by atoms with Crippen molar-refractivity contribution in [3.63, 3.8) is 0 Å². The molecule has 1 amide bonds. The number of Topliss-reactive ketones (excluding diaryl/α,β-unsaturated/α-hetero) is 1. The number of carbonyl (C=O) groups is 2. The topological polar surface area (TPSA) is 83.5 Å². The van der Waals surface area contributed by atoms with Crippen LogP contribution in [-0.4, -0.2) is 32.1 Å². The molecule has 3 aromatic carbocycles. The maximum absolute atomic E-state index is 12.7. The number of carbonyl (C=O) groups excluding carboxylic acids is 2. The van der Waals surface area contributed by atoms with Crippen LogP contribution in [0.3, 0.4) is 0 Å². The van der Waals surface area contributed by atoms with Crippen LogP contribution in [0.1, 0.15) is 38.8 Å². The van der Waals surface area contributed by atoms with Crippen LogP contribution in [0.4, 0.5) is 0 Å². The van der Waals surface area contributed by atoms with Crippen molar-refractivity contribution in [1.82, 2.24) is 9.62 Å². The molecule has 32 heavy (non-hydrogen) atoms. The summed E-state index contributed by atoms with van der Waals surface area (Å²) in [5.41, 5.74) is 2.50. The van der Waals surface area contributed by atoms with Crippen molar-refractivity contribution in [3.8, 4) is 0 Å². The van der Waals surface area contributed by atoms with Gasteiger partial charge in [-0.25, -0.2) is 13.1 Å². The summed E-state index contributed by atoms with van der Waals surface area (Å²) in [5, 5.41) is 0.603. The van der Waals surface area contributed by atoms with Gasteiger partial charge >= 0.3 is 0 Å². The summed E-state index contributed by atoms with van der Waals surface area (Å²) >= 11 is 6.17. The third-order valence-electron chi connectivity index (χ3n) is 4.95. The van der Waals surface area contributed by atoms with Crippen LogP contribution >= 0.6 is 11.6 Å². The van der Waals surface area contributed by atoms with Gasteiger partial charge in [-0.05, 0) is 48.4 Å². The van der Waals surface area contributed by atoms with Crippen molar-refractivity contribution in [3.05, 3.63) is 100 Å². The molecule has 0 aliphatic carbocycles. The predicted octanol–water partition coefficient (Wildman–Crippen LogP) is 4.29. The van der Waals surface area contributed by atoms with E-state index in [1.54, 1.807) is 42.3 Å². The number of nitrogens with one attached hydrogen (secondary N) is 1. The Hall–Kier alpha value is -3.00. The first-order chi connectivity index (χ1) is 15.2. The van der Waals surface area contributed by atoms with Crippen LogP contribution in [0.2, 0.25) is 5.02 Å². The number of amides is 1. The number of benzene rings is 3. The zero-order valence-electron chi connectivity index (χ0n) is 17.7. The largest absolute Gasteiger partial charge is 0.337 e. The second kappa shape index (κ2) is 10.1. The van der Waals surface area contributed by atoms with E-state index in [-0.39, 0.29) is 23.1 Å². The van der Waals surface area contributed by atoms with Crippen molar-refractivity contribution in [2.24, 2.45) is 0 Å². The molecular formula is C24H23ClN2O4S. The van der Waals surface area contributed by atoms with Crippen molar-refractivity contribution >= 4 is 33.3 Å². The average molecular weight is 471 g/mol. The summed E-state index contributed by atoms with van der Waals surface area (Å²) in [6, 6.07) is 19.9. The molecule has 0 saturated carbocycles. The molecule has 166 valence electrons. The molecule has 0 aromatic heterocycles. The average Bonchev–Trinajstić information content (AvgIpc) is 2.79. The van der Waals surface area contributed by atoms with Crippen molar-refractivity contribution in [2.75, 3.05) is 7.05 Å². The number of nitrogens with zero attached hydrogens (tertiary/aromatic N) is 1. The van der Waals surface area contributed by atoms with Gasteiger partial charge in [0.2, 0.25) is 10.0 Å². The fraction of sp³-hybridized carbons (Fsp3) is 0.167. The summed E-state index contributed by atoms with van der Waals surface area (Å²) in [7, 11) is -2.03. The summed E-state index contributed by atoms with van der Waals surface area (Å²) < 4.78 is 27.5. The Morgan fingerprint density at radius 1 is 0.906 bits per heavy atom. The van der Waals surface area contributed by atoms with Gasteiger partial charge in [-0.2, -0.15) is 0 Å². The molecule has 8 heteroatoms. The zero-order valence-corrected chi connectivity index (χ0v) is 19.3. The Morgan fingerprint density at radius 2 is 1.50 bits per heavy atom. The Bertz CT molecular complexity index is 1220. The third kappa shape index (κ3) is 5.82. The van der Waals surface area contributed by atoms with E-state index in [0.717, 1.165) is 5.56 Å². The first-order valence-electron chi connectivity index (χ1n) is 9.86. The van der Waals surface area contributed by atoms with Gasteiger partial charge in [0.1, 0.15) is 0 Å². The highest BCUT2D eigenvalue weighted by molar-refractivity contribution is 7.89. The molecule has 0 bridgehead atoms. The lowest BCUT2D eigenvalue weighted by atomic mass is 10.1. The minimum atomic E-state index is -3.73. The molecule has 0 radical (unpaired) electrons. The van der Waals surface area contributed by atoms with Crippen LogP contribution in [0.5, 0.6) is 0 Å². The monoisotopic (exact) mass is 470 g/mol. The van der Waals surface area contributed by atoms with Gasteiger partial charge in [-0.1, -0.05) is 54.1 Å². The lowest BCUT2D eigenvalue weighted by molar-refractivity contribution is 0.0785. The summed E-state index contributed by atoms with van der Waals surface area (Å²) in [6.07, 6.45) is 0. The number of hydrogen-bond donors (Lipinski definition) is 1. The third-order valence-corrected chi connectivity index (χ3v) is 6.74. The minimum absolute atomic E-state index is 0.0702. The van der Waals surface area contributed by atoms with E-state index in [0.29, 0.717) is 28.3 Å². The molecule has 3 aromatic rings. The lowest BCUT2D eigenvalue weighted by Gasteiger charge is -2.18. The summed E-state index contributed by atoms with van der Waals surface area (Å²) in [5.74, 6) is -0.295. The van der Waals surface area contributed by atoms with Crippen molar-refractivity contribution in [2.45, 2.75) is 24.9 Å². The number of ketones is 1. The van der Waals surface area contributed by atoms with Crippen molar-refractivity contribution < 1.29 is 18.0 Å². The lowest BCUT2D eigenvalue weighted by Crippen LogP contribution is -2.26. The molecule has 0 atom stereocenters. The second-order valence-electron chi connectivity index (χ2n) is 7.35. The molecular weight excluding hydrogens is 448 g/mol. The normalized spacial score (nSPS) is 11.2. The Balaban J connectivity index is 1.62. The molecule has 0 aliphatic rings. The molecule has 0 saturated heterocycles. The molecule has 0 aliphatic heterocycles. The van der Waals surface area contributed by atoms with Crippen LogP contribution in [-0.2, 0) is 23.1 Å². The van der Waals surface area contributed by atoms with Gasteiger partial charge in [-0.15, -0.1) is 0 Å². The van der Waals surface area contributed by atoms with Gasteiger partial charge < -0.3 is 4.90 Å². The van der Waals surface area contributed by atoms with Crippen molar-refractivity contribution in [1.29, 1.82) is 0 Å². The van der Waals surface area contributed by atoms with E-state index in [4.69, 9.17) is 11.6 Å². The number of rotatable bonds is 8. The number of hydrogen-bond acceptors (Lipinski definition) is 4. The van der Waals surface area contributed by atoms with Gasteiger partial charge in [0, 0.05) is 36.3 Å². The SMILES string of the molecule is CC(=O)c1ccc(S(=O)(=O)NCc2ccc(C(=O)N(C)Cc3ccccc3Cl)cc2)cc1. The molecule has 1 N–H and O–H groups in total. The highest BCUT2D eigenvalue weighted by Gasteiger charge is 2.16. The Kier molecular flexibility index (Phi) is 7.45. The fourth-order valence-electron chi connectivity index (χ4n) is 3.07. The standard InChI is InChI=1S/C24H23ClN2O4S/c1-17(28)19-11-13-22(14-12-19)32(30,31)26-15-18-7-9-20(10-8-18)24(29)27(2)16-21-5-3-4-6-23(21)25/h3-14,26H,15-16H2,1-2H3. The van der Waals surface area contributed by atoms with Gasteiger partial charge in [0.15, 0.2) is 5.78 Å². The summed E-state index contributed by atoms with van der Waals surface area (Å²) in [6.45, 7) is 1.87. The molecule has 0 unspecified atom stereocenters. The van der Waals surface area contributed by atoms with Gasteiger partial charge in [-0.3, -0.25) is 9.59 Å². The predicted molar refractivity (Wildman–Crippen MR) is 124 cm³/mol. The van der Waals surface area contributed by atoms with E-state index < -0.39 is 10.0 Å². The Labute approximate surface area is 192 Å². The second-order valence-corrected chi connectivity index (χ2v) is 9.53. The first kappa shape index (κ1) is 23.7. The smallest absolute Gasteiger partial charge is 0.253 e. The quantitative estimate of drug-likeness (QED) is 0.498. The minimum Gasteiger partial charge on any atom is -0.337 e. The molecule has 6 nitrogen and oxygen atoms in total. The van der Waals surface area contributed by atoms with Crippen LogP contribution in [0, 0.1) is 0 Å². The number of sulfonamides is 1. The highest BCUT2D eigenvalue weighted by Crippen LogP contribution is 2.18. The fourth-order valence-corrected chi connectivity index (χ4v) is 4.28. The van der Waals surface area contributed by atoms with Crippen LogP contribution in [0.15, 0.2) is 77.7 Å². The van der Waals surface area contributed by atoms with E-state index in [1.165, 1.54) is 31.2 Å². The van der Waals surface area contributed by atoms with Gasteiger partial charge in [0.05, 0.1) is 4.90 Å². The molecule has 0 spiro atoms. The summed E-state index contributed by atoms with van der Waals surface area (Å²) in [4.78, 5) is 25.7. The number of halogens is 1. The van der Waals surface area contributed by atoms with E-state index in [2.05, 4.69) is 4.72 Å². The molecule has 0 heterocycles. The highest BCUT2D eigenvalue weighted by atomic mass is 35.5. The maximum Gasteiger partial charge on any atom is 0.253 e. The van der Waals surface area contributed by atoms with E-state index >= 15 is 0 Å². The molecule has 3 rings (SSSR count). The first-order valence-corrected chi connectivity index (χ1v) is 11.7. The maximum atomic E-state index is 12.7. The van der Waals surface area contributed by atoms with E-state index in [1.807, 2.05) is 18.2 Å². The molecule has 0 fully saturated rings. The van der Waals surface area contributed by atoms with Crippen LogP contribution < -0.4 is 4.72 Å². The zero-order chi connectivity index (χ0) is 23.3. The van der Waals surface area contributed by atoms with Crippen LogP contribution in [0.25, 0.3) is 0 Å². The van der Waals surface area contributed by atoms with E-state index in [9.17, 15) is 18.0 Å².